The summed E-state index contributed by atoms with van der Waals surface area (Å²) in [4.78, 5) is 94.3. The summed E-state index contributed by atoms with van der Waals surface area (Å²) in [5.41, 5.74) is 13.8. The zero-order valence-electron chi connectivity index (χ0n) is 28.0. The molecule has 1 aromatic carbocycles. The van der Waals surface area contributed by atoms with E-state index in [4.69, 9.17) is 16.2 Å². The van der Waals surface area contributed by atoms with E-state index < -0.39 is 54.1 Å². The van der Waals surface area contributed by atoms with Gasteiger partial charge in [-0.05, 0) is 42.7 Å². The summed E-state index contributed by atoms with van der Waals surface area (Å²) in [5.74, 6) is -3.16. The number of nitrogens with one attached hydrogen (secondary N) is 3. The van der Waals surface area contributed by atoms with Crippen LogP contribution in [0, 0.1) is 0 Å². The number of fused-ring (bicyclic) bond motifs is 1. The van der Waals surface area contributed by atoms with Crippen LogP contribution >= 0.6 is 0 Å². The monoisotopic (exact) mass is 708 g/mol. The lowest BCUT2D eigenvalue weighted by Gasteiger charge is -2.27. The van der Waals surface area contributed by atoms with Crippen molar-refractivity contribution >= 4 is 58.4 Å². The van der Waals surface area contributed by atoms with Gasteiger partial charge in [0, 0.05) is 57.2 Å². The quantitative estimate of drug-likeness (QED) is 0.117. The van der Waals surface area contributed by atoms with Crippen LogP contribution in [0.5, 0.6) is 0 Å². The number of rotatable bonds is 14. The van der Waals surface area contributed by atoms with Gasteiger partial charge in [0.05, 0.1) is 18.5 Å². The number of hydrogen-bond donors (Lipinski definition) is 6. The molecule has 2 unspecified atom stereocenters. The van der Waals surface area contributed by atoms with Gasteiger partial charge < -0.3 is 46.7 Å². The number of nitrogens with zero attached hydrogens (tertiary/aromatic N) is 5. The Morgan fingerprint density at radius 3 is 2.41 bits per heavy atom. The van der Waals surface area contributed by atoms with E-state index in [1.54, 1.807) is 48.9 Å². The van der Waals surface area contributed by atoms with Gasteiger partial charge in [0.25, 0.3) is 0 Å². The number of hydrogen-bond acceptors (Lipinski definition) is 11. The summed E-state index contributed by atoms with van der Waals surface area (Å²) in [6.45, 7) is 0.174. The number of carbonyl (C=O) groups is 7. The van der Waals surface area contributed by atoms with E-state index in [9.17, 15) is 38.8 Å². The van der Waals surface area contributed by atoms with Gasteiger partial charge in [-0.3, -0.25) is 28.5 Å². The second-order valence-electron chi connectivity index (χ2n) is 11.9. The maximum atomic E-state index is 13.0. The Labute approximate surface area is 291 Å². The number of primary amides is 2. The van der Waals surface area contributed by atoms with Crippen molar-refractivity contribution in [2.45, 2.75) is 38.0 Å². The number of amides is 7. The number of nitrogens with two attached hydrogens (primary N) is 2. The molecule has 2 aromatic heterocycles. The van der Waals surface area contributed by atoms with E-state index >= 15 is 0 Å². The largest absolute Gasteiger partial charge is 0.445 e. The second-order valence-corrected chi connectivity index (χ2v) is 11.9. The van der Waals surface area contributed by atoms with E-state index in [1.165, 1.54) is 38.7 Å². The van der Waals surface area contributed by atoms with Crippen LogP contribution < -0.4 is 27.6 Å². The first-order valence-corrected chi connectivity index (χ1v) is 15.8. The fourth-order valence-corrected chi connectivity index (χ4v) is 5.31. The molecule has 1 fully saturated rings. The average molecular weight is 709 g/mol. The van der Waals surface area contributed by atoms with Crippen LogP contribution in [0.1, 0.15) is 35.2 Å². The zero-order chi connectivity index (χ0) is 37.2. The van der Waals surface area contributed by atoms with Crippen molar-refractivity contribution in [1.29, 1.82) is 0 Å². The lowest BCUT2D eigenvalue weighted by atomic mass is 10.1. The number of anilines is 1. The fourth-order valence-electron chi connectivity index (χ4n) is 5.31. The van der Waals surface area contributed by atoms with Gasteiger partial charge in [-0.2, -0.15) is 5.48 Å². The number of ether oxygens (including phenoxy) is 1. The molecule has 4 rings (SSSR count). The van der Waals surface area contributed by atoms with Crippen molar-refractivity contribution in [3.05, 3.63) is 59.9 Å². The number of likely N-dealkylation sites (N-methyl/N-ethyl adjacent to an activating group) is 2. The van der Waals surface area contributed by atoms with Gasteiger partial charge in [-0.15, -0.1) is 0 Å². The number of benzene rings is 1. The molecule has 8 N–H and O–H groups in total. The summed E-state index contributed by atoms with van der Waals surface area (Å²) in [6, 6.07) is 7.14. The molecule has 19 nitrogen and oxygen atoms in total. The molecule has 3 heterocycles. The maximum Gasteiger partial charge on any atom is 0.409 e. The summed E-state index contributed by atoms with van der Waals surface area (Å²) < 4.78 is 6.70. The molecule has 272 valence electrons. The number of hydroxylamine groups is 1. The normalized spacial score (nSPS) is 14.4. The Bertz CT molecular complexity index is 1800. The van der Waals surface area contributed by atoms with Gasteiger partial charge in [-0.1, -0.05) is 12.1 Å². The predicted octanol–water partition coefficient (Wildman–Crippen LogP) is -0.428. The molecule has 51 heavy (non-hydrogen) atoms. The van der Waals surface area contributed by atoms with Crippen molar-refractivity contribution in [3.63, 3.8) is 0 Å². The van der Waals surface area contributed by atoms with Gasteiger partial charge >= 0.3 is 12.1 Å². The standard InChI is InChI=1S/C32H40N10O9/c1-39(31(48)42-11-9-20-14-21(27(34)45)16-35-28(20)42)12-13-40(2)32(49)51-18-19-5-7-22(8-6-19)37-26(44)17-36-29(46)24-4-3-10-41(24)30(47)23(38-50)15-25(33)43/h5-9,11,14,16,23-24,38,50H,3-4,10,12-13,15,17-18H2,1-2H3,(H2,33,43)(H2,34,45)(H,36,46)(H,37,44). The number of pyridine rings is 1. The summed E-state index contributed by atoms with van der Waals surface area (Å²) in [5, 5.41) is 15.0. The topological polar surface area (TPSA) is 265 Å². The molecule has 0 radical (unpaired) electrons. The van der Waals surface area contributed by atoms with Crippen LogP contribution in [0.25, 0.3) is 11.0 Å². The van der Waals surface area contributed by atoms with Gasteiger partial charge in [0.1, 0.15) is 24.3 Å². The van der Waals surface area contributed by atoms with E-state index in [0.29, 0.717) is 35.1 Å². The van der Waals surface area contributed by atoms with Gasteiger partial charge in [0.2, 0.25) is 29.5 Å². The first kappa shape index (κ1) is 37.7. The van der Waals surface area contributed by atoms with Crippen LogP contribution in [0.4, 0.5) is 15.3 Å². The van der Waals surface area contributed by atoms with Crippen molar-refractivity contribution in [2.75, 3.05) is 45.6 Å². The minimum absolute atomic E-state index is 0.0563. The molecular weight excluding hydrogens is 668 g/mol. The average Bonchev–Trinajstić information content (AvgIpc) is 3.78. The van der Waals surface area contributed by atoms with Crippen molar-refractivity contribution in [2.24, 2.45) is 11.5 Å². The Kier molecular flexibility index (Phi) is 12.6. The number of aromatic nitrogens is 2. The third kappa shape index (κ3) is 9.76. The highest BCUT2D eigenvalue weighted by molar-refractivity contribution is 5.98. The van der Waals surface area contributed by atoms with E-state index in [0.717, 1.165) is 0 Å². The third-order valence-corrected chi connectivity index (χ3v) is 8.15. The lowest BCUT2D eigenvalue weighted by molar-refractivity contribution is -0.143. The van der Waals surface area contributed by atoms with E-state index in [2.05, 4.69) is 15.6 Å². The Balaban J connectivity index is 1.18. The minimum atomic E-state index is -1.28. The maximum absolute atomic E-state index is 13.0. The molecule has 0 saturated carbocycles. The second kappa shape index (κ2) is 17.0. The van der Waals surface area contributed by atoms with Crippen LogP contribution in [-0.4, -0.2) is 123 Å². The molecule has 1 aliphatic heterocycles. The van der Waals surface area contributed by atoms with Crippen molar-refractivity contribution < 1.29 is 43.5 Å². The summed E-state index contributed by atoms with van der Waals surface area (Å²) in [7, 11) is 3.11. The van der Waals surface area contributed by atoms with E-state index in [-0.39, 0.29) is 44.4 Å². The highest BCUT2D eigenvalue weighted by atomic mass is 16.6. The number of carbonyl (C=O) groups excluding carboxylic acids is 7. The van der Waals surface area contributed by atoms with E-state index in [1.807, 2.05) is 0 Å². The first-order valence-electron chi connectivity index (χ1n) is 15.8. The molecule has 0 bridgehead atoms. The number of likely N-dealkylation sites (tertiary alicyclic amines) is 1. The smallest absolute Gasteiger partial charge is 0.409 e. The predicted molar refractivity (Wildman–Crippen MR) is 180 cm³/mol. The molecule has 2 atom stereocenters. The van der Waals surface area contributed by atoms with Gasteiger partial charge in [-0.25, -0.2) is 14.6 Å². The SMILES string of the molecule is CN(CCN(C)C(=O)n1ccc2cc(C(N)=O)cnc21)C(=O)OCc1ccc(NC(=O)CNC(=O)C2CCCN2C(=O)C(CC(N)=O)NO)cc1. The Morgan fingerprint density at radius 1 is 1.04 bits per heavy atom. The van der Waals surface area contributed by atoms with Crippen molar-refractivity contribution in [3.8, 4) is 0 Å². The van der Waals surface area contributed by atoms with Crippen LogP contribution in [0.2, 0.25) is 0 Å². The molecule has 0 aliphatic carbocycles. The van der Waals surface area contributed by atoms with Gasteiger partial charge in [0.15, 0.2) is 0 Å². The highest BCUT2D eigenvalue weighted by Gasteiger charge is 2.37. The molecule has 0 spiro atoms. The van der Waals surface area contributed by atoms with Crippen LogP contribution in [-0.2, 0) is 30.5 Å². The first-order chi connectivity index (χ1) is 24.3. The Morgan fingerprint density at radius 2 is 1.75 bits per heavy atom. The molecule has 7 amide bonds. The molecule has 1 aliphatic rings. The molecule has 3 aromatic rings. The van der Waals surface area contributed by atoms with Crippen LogP contribution in [0.3, 0.4) is 0 Å². The highest BCUT2D eigenvalue weighted by Crippen LogP contribution is 2.20. The molecule has 1 saturated heterocycles. The van der Waals surface area contributed by atoms with Crippen LogP contribution in [0.15, 0.2) is 48.8 Å². The molecular formula is C32H40N10O9. The minimum Gasteiger partial charge on any atom is -0.445 e. The Hall–Kier alpha value is -6.08. The van der Waals surface area contributed by atoms with Crippen molar-refractivity contribution in [1.82, 2.24) is 35.0 Å². The lowest BCUT2D eigenvalue weighted by Crippen LogP contribution is -2.53. The fraction of sp³-hybridized carbons (Fsp3) is 0.375. The zero-order valence-corrected chi connectivity index (χ0v) is 28.0. The third-order valence-electron chi connectivity index (χ3n) is 8.15. The molecule has 19 heteroatoms. The summed E-state index contributed by atoms with van der Waals surface area (Å²) >= 11 is 0. The summed E-state index contributed by atoms with van der Waals surface area (Å²) in [6.07, 6.45) is 2.64.